The lowest BCUT2D eigenvalue weighted by molar-refractivity contribution is -0.146. The van der Waals surface area contributed by atoms with E-state index >= 15 is 0 Å². The van der Waals surface area contributed by atoms with Gasteiger partial charge >= 0.3 is 5.97 Å². The minimum Gasteiger partial charge on any atom is -0.481 e. The van der Waals surface area contributed by atoms with Crippen molar-refractivity contribution in [2.24, 2.45) is 5.41 Å². The summed E-state index contributed by atoms with van der Waals surface area (Å²) in [6.07, 6.45) is 3.86. The van der Waals surface area contributed by atoms with E-state index < -0.39 is 11.4 Å². The van der Waals surface area contributed by atoms with Crippen molar-refractivity contribution in [3.05, 3.63) is 24.5 Å². The third-order valence-electron chi connectivity index (χ3n) is 3.63. The number of hydrogen-bond donors (Lipinski definition) is 1. The van der Waals surface area contributed by atoms with E-state index in [0.29, 0.717) is 25.2 Å². The van der Waals surface area contributed by atoms with Crippen LogP contribution in [0, 0.1) is 5.41 Å². The molecule has 0 aromatic carbocycles. The number of carboxylic acids is 1. The Labute approximate surface area is 110 Å². The second-order valence-corrected chi connectivity index (χ2v) is 5.11. The molecule has 1 aliphatic rings. The van der Waals surface area contributed by atoms with Crippen molar-refractivity contribution >= 4 is 23.0 Å². The molecule has 6 nitrogen and oxygen atoms in total. The summed E-state index contributed by atoms with van der Waals surface area (Å²) >= 11 is 0. The summed E-state index contributed by atoms with van der Waals surface area (Å²) in [4.78, 5) is 26.0. The van der Waals surface area contributed by atoms with E-state index in [1.165, 1.54) is 0 Å². The highest BCUT2D eigenvalue weighted by Crippen LogP contribution is 2.32. The molecule has 1 N–H and O–H groups in total. The molecule has 3 heterocycles. The third kappa shape index (κ3) is 1.99. The first-order valence-corrected chi connectivity index (χ1v) is 6.15. The zero-order chi connectivity index (χ0) is 13.5. The molecule has 1 saturated heterocycles. The van der Waals surface area contributed by atoms with Crippen LogP contribution in [0.25, 0.3) is 11.2 Å². The highest BCUT2D eigenvalue weighted by molar-refractivity contribution is 5.77. The normalized spacial score (nSPS) is 22.9. The Bertz CT molecular complexity index is 645. The van der Waals surface area contributed by atoms with Gasteiger partial charge in [0.2, 0.25) is 0 Å². The molecule has 1 atom stereocenters. The van der Waals surface area contributed by atoms with Gasteiger partial charge in [0.15, 0.2) is 5.65 Å². The van der Waals surface area contributed by atoms with Gasteiger partial charge < -0.3 is 10.0 Å². The third-order valence-corrected chi connectivity index (χ3v) is 3.63. The van der Waals surface area contributed by atoms with Gasteiger partial charge in [-0.2, -0.15) is 0 Å². The average molecular weight is 258 g/mol. The molecule has 1 fully saturated rings. The van der Waals surface area contributed by atoms with E-state index in [1.54, 1.807) is 19.3 Å². The fourth-order valence-corrected chi connectivity index (χ4v) is 2.35. The maximum absolute atomic E-state index is 11.2. The standard InChI is InChI=1S/C13H14N4O2/c1-13(12(18)19)4-7-17(8-13)10-3-2-9-11(16-10)15-6-5-14-9/h2-3,5-6H,4,7-8H2,1H3,(H,18,19). The highest BCUT2D eigenvalue weighted by Gasteiger charge is 2.40. The average Bonchev–Trinajstić information content (AvgIpc) is 2.82. The van der Waals surface area contributed by atoms with Crippen LogP contribution in [0.3, 0.4) is 0 Å². The number of rotatable bonds is 2. The smallest absolute Gasteiger partial charge is 0.311 e. The zero-order valence-electron chi connectivity index (χ0n) is 10.6. The lowest BCUT2D eigenvalue weighted by Gasteiger charge is -2.20. The van der Waals surface area contributed by atoms with E-state index in [2.05, 4.69) is 15.0 Å². The molecule has 19 heavy (non-hydrogen) atoms. The largest absolute Gasteiger partial charge is 0.481 e. The van der Waals surface area contributed by atoms with Gasteiger partial charge in [0.05, 0.1) is 5.41 Å². The monoisotopic (exact) mass is 258 g/mol. The second kappa shape index (κ2) is 4.15. The first-order valence-electron chi connectivity index (χ1n) is 6.15. The summed E-state index contributed by atoms with van der Waals surface area (Å²) < 4.78 is 0. The summed E-state index contributed by atoms with van der Waals surface area (Å²) in [5.41, 5.74) is 0.634. The Morgan fingerprint density at radius 1 is 1.37 bits per heavy atom. The van der Waals surface area contributed by atoms with Crippen LogP contribution >= 0.6 is 0 Å². The Hall–Kier alpha value is -2.24. The molecule has 3 rings (SSSR count). The quantitative estimate of drug-likeness (QED) is 0.875. The maximum Gasteiger partial charge on any atom is 0.311 e. The Balaban J connectivity index is 1.92. The SMILES string of the molecule is CC1(C(=O)O)CCN(c2ccc3nccnc3n2)C1. The van der Waals surface area contributed by atoms with Crippen molar-refractivity contribution in [2.45, 2.75) is 13.3 Å². The van der Waals surface area contributed by atoms with Gasteiger partial charge in [-0.1, -0.05) is 0 Å². The molecule has 6 heteroatoms. The van der Waals surface area contributed by atoms with Gasteiger partial charge in [-0.25, -0.2) is 9.97 Å². The van der Waals surface area contributed by atoms with Crippen molar-refractivity contribution in [3.63, 3.8) is 0 Å². The first kappa shape index (κ1) is 11.8. The molecule has 0 radical (unpaired) electrons. The predicted molar refractivity (Wildman–Crippen MR) is 69.9 cm³/mol. The van der Waals surface area contributed by atoms with Gasteiger partial charge in [-0.3, -0.25) is 9.78 Å². The first-order chi connectivity index (χ1) is 9.08. The molecule has 2 aromatic heterocycles. The molecule has 0 aliphatic carbocycles. The van der Waals surface area contributed by atoms with E-state index in [0.717, 1.165) is 11.3 Å². The van der Waals surface area contributed by atoms with E-state index in [1.807, 2.05) is 17.0 Å². The van der Waals surface area contributed by atoms with Crippen LogP contribution in [-0.2, 0) is 4.79 Å². The molecule has 0 saturated carbocycles. The van der Waals surface area contributed by atoms with Crippen LogP contribution in [0.1, 0.15) is 13.3 Å². The van der Waals surface area contributed by atoms with Gasteiger partial charge in [0, 0.05) is 25.5 Å². The summed E-state index contributed by atoms with van der Waals surface area (Å²) in [5.74, 6) is 0.00792. The minimum atomic E-state index is -0.754. The van der Waals surface area contributed by atoms with Crippen LogP contribution < -0.4 is 4.90 Å². The van der Waals surface area contributed by atoms with E-state index in [9.17, 15) is 9.90 Å². The molecule has 1 aliphatic heterocycles. The molecule has 1 unspecified atom stereocenters. The number of aliphatic carboxylic acids is 1. The van der Waals surface area contributed by atoms with E-state index in [4.69, 9.17) is 0 Å². The molecule has 0 spiro atoms. The van der Waals surface area contributed by atoms with Crippen molar-refractivity contribution < 1.29 is 9.90 Å². The number of carbonyl (C=O) groups is 1. The number of aromatic nitrogens is 3. The molecule has 2 aromatic rings. The zero-order valence-corrected chi connectivity index (χ0v) is 10.6. The summed E-state index contributed by atoms with van der Waals surface area (Å²) in [6, 6.07) is 3.73. The summed E-state index contributed by atoms with van der Waals surface area (Å²) in [6.45, 7) is 2.94. The van der Waals surface area contributed by atoms with Gasteiger partial charge in [-0.15, -0.1) is 0 Å². The fourth-order valence-electron chi connectivity index (χ4n) is 2.35. The molecule has 98 valence electrons. The Morgan fingerprint density at radius 2 is 2.16 bits per heavy atom. The van der Waals surface area contributed by atoms with Crippen LogP contribution in [0.5, 0.6) is 0 Å². The van der Waals surface area contributed by atoms with Crippen LogP contribution in [-0.4, -0.2) is 39.1 Å². The molecular weight excluding hydrogens is 244 g/mol. The molecule has 0 amide bonds. The number of fused-ring (bicyclic) bond motifs is 1. The van der Waals surface area contributed by atoms with Gasteiger partial charge in [0.1, 0.15) is 11.3 Å². The maximum atomic E-state index is 11.2. The van der Waals surface area contributed by atoms with Crippen molar-refractivity contribution in [1.82, 2.24) is 15.0 Å². The van der Waals surface area contributed by atoms with Crippen molar-refractivity contribution in [2.75, 3.05) is 18.0 Å². The van der Waals surface area contributed by atoms with E-state index in [-0.39, 0.29) is 0 Å². The Kier molecular flexibility index (Phi) is 2.58. The molecular formula is C13H14N4O2. The van der Waals surface area contributed by atoms with Crippen LogP contribution in [0.15, 0.2) is 24.5 Å². The lowest BCUT2D eigenvalue weighted by atomic mass is 9.90. The fraction of sp³-hybridized carbons (Fsp3) is 0.385. The number of hydrogen-bond acceptors (Lipinski definition) is 5. The summed E-state index contributed by atoms with van der Waals surface area (Å²) in [7, 11) is 0. The molecule has 0 bridgehead atoms. The van der Waals surface area contributed by atoms with Crippen LogP contribution in [0.4, 0.5) is 5.82 Å². The predicted octanol–water partition coefficient (Wildman–Crippen LogP) is 1.33. The number of anilines is 1. The van der Waals surface area contributed by atoms with Gasteiger partial charge in [0.25, 0.3) is 0 Å². The summed E-state index contributed by atoms with van der Waals surface area (Å²) in [5, 5.41) is 9.24. The Morgan fingerprint density at radius 3 is 2.89 bits per heavy atom. The minimum absolute atomic E-state index is 0.473. The highest BCUT2D eigenvalue weighted by atomic mass is 16.4. The van der Waals surface area contributed by atoms with Crippen molar-refractivity contribution in [1.29, 1.82) is 0 Å². The second-order valence-electron chi connectivity index (χ2n) is 5.11. The number of pyridine rings is 1. The number of carboxylic acid groups (broad SMARTS) is 1. The number of nitrogens with zero attached hydrogens (tertiary/aromatic N) is 4. The van der Waals surface area contributed by atoms with Gasteiger partial charge in [-0.05, 0) is 25.5 Å². The van der Waals surface area contributed by atoms with Crippen LogP contribution in [0.2, 0.25) is 0 Å². The lowest BCUT2D eigenvalue weighted by Crippen LogP contribution is -2.32. The topological polar surface area (TPSA) is 79.2 Å². The van der Waals surface area contributed by atoms with Crippen molar-refractivity contribution in [3.8, 4) is 0 Å².